The first-order valence-corrected chi connectivity index (χ1v) is 5.67. The molecular formula is C12H17NOS. The van der Waals surface area contributed by atoms with Crippen molar-refractivity contribution in [3.05, 3.63) is 11.6 Å². The van der Waals surface area contributed by atoms with E-state index in [2.05, 4.69) is 43.1 Å². The third-order valence-electron chi connectivity index (χ3n) is 3.06. The van der Waals surface area contributed by atoms with Crippen LogP contribution in [0.5, 0.6) is 0 Å². The molecule has 0 saturated heterocycles. The van der Waals surface area contributed by atoms with Gasteiger partial charge in [0.05, 0.1) is 5.16 Å². The number of amides is 1. The second kappa shape index (κ2) is 4.82. The lowest BCUT2D eigenvalue weighted by Gasteiger charge is -2.32. The first kappa shape index (κ1) is 12.3. The number of hydrogen-bond acceptors (Lipinski definition) is 2. The summed E-state index contributed by atoms with van der Waals surface area (Å²) < 4.78 is 0. The number of rotatable bonds is 1. The lowest BCUT2D eigenvalue weighted by atomic mass is 9.73. The van der Waals surface area contributed by atoms with Gasteiger partial charge in [-0.25, -0.2) is 0 Å². The van der Waals surface area contributed by atoms with E-state index in [9.17, 15) is 4.79 Å². The summed E-state index contributed by atoms with van der Waals surface area (Å²) in [5.41, 5.74) is 1.12. The highest BCUT2D eigenvalue weighted by Gasteiger charge is 2.27. The lowest BCUT2D eigenvalue weighted by molar-refractivity contribution is -0.114. The molecule has 0 aromatic carbocycles. The van der Waals surface area contributed by atoms with Crippen molar-refractivity contribution in [2.45, 2.75) is 40.0 Å². The molecule has 1 aliphatic rings. The molecule has 0 aromatic rings. The molecule has 0 saturated carbocycles. The summed E-state index contributed by atoms with van der Waals surface area (Å²) in [5.74, 6) is 0.447. The molecule has 0 N–H and O–H groups in total. The third kappa shape index (κ3) is 3.37. The summed E-state index contributed by atoms with van der Waals surface area (Å²) in [5, 5.41) is 2.12. The zero-order chi connectivity index (χ0) is 11.5. The van der Waals surface area contributed by atoms with Crippen molar-refractivity contribution in [2.24, 2.45) is 16.3 Å². The molecule has 0 radical (unpaired) electrons. The van der Waals surface area contributed by atoms with Gasteiger partial charge in [0.25, 0.3) is 5.91 Å². The van der Waals surface area contributed by atoms with Gasteiger partial charge >= 0.3 is 0 Å². The fourth-order valence-corrected chi connectivity index (χ4v) is 2.01. The van der Waals surface area contributed by atoms with Gasteiger partial charge in [-0.15, -0.1) is 0 Å². The Morgan fingerprint density at radius 1 is 1.60 bits per heavy atom. The largest absolute Gasteiger partial charge is 0.281 e. The minimum atomic E-state index is -0.211. The quantitative estimate of drug-likeness (QED) is 0.503. The van der Waals surface area contributed by atoms with Gasteiger partial charge in [-0.05, 0) is 42.8 Å². The molecule has 1 amide bonds. The Labute approximate surface area is 96.5 Å². The summed E-state index contributed by atoms with van der Waals surface area (Å²) >= 11 is 4.42. The zero-order valence-electron chi connectivity index (χ0n) is 9.54. The van der Waals surface area contributed by atoms with Gasteiger partial charge in [-0.3, -0.25) is 4.79 Å². The number of allylic oxidation sites excluding steroid dienone is 1. The van der Waals surface area contributed by atoms with E-state index in [0.29, 0.717) is 11.3 Å². The number of aliphatic imine (C=N–C) groups is 1. The van der Waals surface area contributed by atoms with E-state index in [1.807, 2.05) is 6.08 Å². The van der Waals surface area contributed by atoms with Crippen molar-refractivity contribution in [1.29, 1.82) is 0 Å². The molecule has 2 nitrogen and oxygen atoms in total. The van der Waals surface area contributed by atoms with Gasteiger partial charge in [0.15, 0.2) is 0 Å². The van der Waals surface area contributed by atoms with Crippen LogP contribution in [0, 0.1) is 11.3 Å². The SMILES string of the molecule is CC(C)(C)C1CC=C(C(=O)N=C=S)CC1. The molecule has 1 unspecified atom stereocenters. The van der Waals surface area contributed by atoms with Gasteiger partial charge in [-0.2, -0.15) is 4.99 Å². The Morgan fingerprint density at radius 3 is 2.67 bits per heavy atom. The molecule has 0 bridgehead atoms. The molecule has 1 aliphatic carbocycles. The summed E-state index contributed by atoms with van der Waals surface area (Å²) in [6, 6.07) is 0. The van der Waals surface area contributed by atoms with Gasteiger partial charge in [0, 0.05) is 5.57 Å². The van der Waals surface area contributed by atoms with Crippen LogP contribution < -0.4 is 0 Å². The molecule has 1 rings (SSSR count). The molecule has 0 spiro atoms. The molecule has 3 heteroatoms. The summed E-state index contributed by atoms with van der Waals surface area (Å²) in [6.45, 7) is 6.73. The molecule has 82 valence electrons. The number of thiocarbonyl (C=S) groups is 1. The number of nitrogens with zero attached hydrogens (tertiary/aromatic N) is 1. The van der Waals surface area contributed by atoms with E-state index in [1.54, 1.807) is 0 Å². The predicted octanol–water partition coefficient (Wildman–Crippen LogP) is 3.39. The van der Waals surface area contributed by atoms with Crippen LogP contribution in [0.15, 0.2) is 16.6 Å². The second-order valence-corrected chi connectivity index (χ2v) is 5.26. The third-order valence-corrected chi connectivity index (χ3v) is 3.15. The monoisotopic (exact) mass is 223 g/mol. The molecule has 0 aliphatic heterocycles. The molecule has 15 heavy (non-hydrogen) atoms. The van der Waals surface area contributed by atoms with Crippen molar-refractivity contribution in [1.82, 2.24) is 0 Å². The first-order valence-electron chi connectivity index (χ1n) is 5.26. The Bertz CT molecular complexity index is 332. The Kier molecular flexibility index (Phi) is 3.95. The van der Waals surface area contributed by atoms with Crippen LogP contribution in [0.25, 0.3) is 0 Å². The summed E-state index contributed by atoms with van der Waals surface area (Å²) in [7, 11) is 0. The van der Waals surface area contributed by atoms with Crippen LogP contribution in [0.2, 0.25) is 0 Å². The van der Waals surface area contributed by atoms with Crippen molar-refractivity contribution in [3.8, 4) is 0 Å². The molecule has 0 fully saturated rings. The first-order chi connectivity index (χ1) is 6.95. The topological polar surface area (TPSA) is 29.4 Å². The van der Waals surface area contributed by atoms with Crippen molar-refractivity contribution < 1.29 is 4.79 Å². The minimum absolute atomic E-state index is 0.211. The normalized spacial score (nSPS) is 21.5. The van der Waals surface area contributed by atoms with Crippen LogP contribution in [-0.2, 0) is 4.79 Å². The highest BCUT2D eigenvalue weighted by Crippen LogP contribution is 2.37. The van der Waals surface area contributed by atoms with E-state index in [0.717, 1.165) is 24.8 Å². The standard InChI is InChI=1S/C12H17NOS/c1-12(2,3)10-6-4-9(5-7-10)11(14)13-8-15/h4,10H,5-7H2,1-3H3. The van der Waals surface area contributed by atoms with E-state index >= 15 is 0 Å². The fraction of sp³-hybridized carbons (Fsp3) is 0.667. The van der Waals surface area contributed by atoms with Gasteiger partial charge in [0.2, 0.25) is 0 Å². The predicted molar refractivity (Wildman–Crippen MR) is 64.9 cm³/mol. The smallest absolute Gasteiger partial charge is 0.266 e. The molecular weight excluding hydrogens is 206 g/mol. The maximum atomic E-state index is 11.4. The van der Waals surface area contributed by atoms with Crippen LogP contribution in [0.1, 0.15) is 40.0 Å². The van der Waals surface area contributed by atoms with Gasteiger partial charge < -0.3 is 0 Å². The average Bonchev–Trinajstić information content (AvgIpc) is 2.17. The number of carbonyl (C=O) groups excluding carboxylic acids is 1. The van der Waals surface area contributed by atoms with Crippen LogP contribution in [0.4, 0.5) is 0 Å². The maximum Gasteiger partial charge on any atom is 0.281 e. The van der Waals surface area contributed by atoms with Crippen molar-refractivity contribution >= 4 is 23.3 Å². The lowest BCUT2D eigenvalue weighted by Crippen LogP contribution is -2.23. The van der Waals surface area contributed by atoms with Crippen molar-refractivity contribution in [3.63, 3.8) is 0 Å². The number of carbonyl (C=O) groups is 1. The Balaban J connectivity index is 2.67. The number of hydrogen-bond donors (Lipinski definition) is 0. The van der Waals surface area contributed by atoms with Crippen LogP contribution in [-0.4, -0.2) is 11.1 Å². The molecule has 0 heterocycles. The molecule has 0 aromatic heterocycles. The van der Waals surface area contributed by atoms with Crippen LogP contribution in [0.3, 0.4) is 0 Å². The van der Waals surface area contributed by atoms with Gasteiger partial charge in [-0.1, -0.05) is 26.8 Å². The summed E-state index contributed by atoms with van der Waals surface area (Å²) in [4.78, 5) is 14.9. The highest BCUT2D eigenvalue weighted by atomic mass is 32.1. The van der Waals surface area contributed by atoms with Crippen LogP contribution >= 0.6 is 12.2 Å². The molecule has 1 atom stereocenters. The highest BCUT2D eigenvalue weighted by molar-refractivity contribution is 7.78. The maximum absolute atomic E-state index is 11.4. The van der Waals surface area contributed by atoms with E-state index in [-0.39, 0.29) is 5.91 Å². The Morgan fingerprint density at radius 2 is 2.27 bits per heavy atom. The van der Waals surface area contributed by atoms with Crippen molar-refractivity contribution in [2.75, 3.05) is 0 Å². The minimum Gasteiger partial charge on any atom is -0.266 e. The van der Waals surface area contributed by atoms with E-state index in [1.165, 1.54) is 0 Å². The number of isothiocyanates is 1. The van der Waals surface area contributed by atoms with E-state index in [4.69, 9.17) is 0 Å². The second-order valence-electron chi connectivity index (χ2n) is 5.07. The van der Waals surface area contributed by atoms with E-state index < -0.39 is 0 Å². The van der Waals surface area contributed by atoms with Gasteiger partial charge in [0.1, 0.15) is 0 Å². The summed E-state index contributed by atoms with van der Waals surface area (Å²) in [6.07, 6.45) is 4.87. The zero-order valence-corrected chi connectivity index (χ0v) is 10.4. The Hall–Kier alpha value is -0.790. The average molecular weight is 223 g/mol. The fourth-order valence-electron chi connectivity index (χ4n) is 1.93.